The van der Waals surface area contributed by atoms with Gasteiger partial charge in [-0.3, -0.25) is 0 Å². The average Bonchev–Trinajstić information content (AvgIpc) is 2.99. The lowest BCUT2D eigenvalue weighted by Gasteiger charge is -2.16. The molecule has 0 bridgehead atoms. The second-order valence-electron chi connectivity index (χ2n) is 5.50. The number of aryl methyl sites for hydroxylation is 1. The van der Waals surface area contributed by atoms with Crippen LogP contribution >= 0.6 is 0 Å². The Kier molecular flexibility index (Phi) is 4.49. The minimum absolute atomic E-state index is 0.249. The van der Waals surface area contributed by atoms with Crippen molar-refractivity contribution >= 4 is 0 Å². The molecule has 1 heterocycles. The van der Waals surface area contributed by atoms with Gasteiger partial charge in [-0.2, -0.15) is 0 Å². The topological polar surface area (TPSA) is 53.7 Å². The van der Waals surface area contributed by atoms with E-state index >= 15 is 0 Å². The Bertz CT molecular complexity index is 642. The third-order valence-corrected chi connectivity index (χ3v) is 3.88. The lowest BCUT2D eigenvalue weighted by atomic mass is 9.96. The summed E-state index contributed by atoms with van der Waals surface area (Å²) in [6.07, 6.45) is 0.865. The normalized spacial score (nSPS) is 13.9. The van der Waals surface area contributed by atoms with Crippen LogP contribution in [0.5, 0.6) is 17.2 Å². The molecule has 1 aliphatic heterocycles. The molecule has 2 aromatic rings. The first kappa shape index (κ1) is 14.7. The smallest absolute Gasteiger partial charge is 0.231 e. The molecule has 0 fully saturated rings. The van der Waals surface area contributed by atoms with E-state index in [2.05, 4.69) is 19.1 Å². The summed E-state index contributed by atoms with van der Waals surface area (Å²) in [7, 11) is 0. The fourth-order valence-electron chi connectivity index (χ4n) is 2.61. The van der Waals surface area contributed by atoms with E-state index in [-0.39, 0.29) is 5.92 Å². The zero-order valence-electron chi connectivity index (χ0n) is 12.7. The lowest BCUT2D eigenvalue weighted by Crippen LogP contribution is -2.15. The van der Waals surface area contributed by atoms with Crippen molar-refractivity contribution in [2.45, 2.75) is 19.3 Å². The Labute approximate surface area is 130 Å². The predicted octanol–water partition coefficient (Wildman–Crippen LogP) is 3.24. The quantitative estimate of drug-likeness (QED) is 0.889. The summed E-state index contributed by atoms with van der Waals surface area (Å²) in [5.41, 5.74) is 8.29. The van der Waals surface area contributed by atoms with Crippen LogP contribution in [-0.2, 0) is 0 Å². The van der Waals surface area contributed by atoms with Crippen LogP contribution in [0.1, 0.15) is 23.5 Å². The van der Waals surface area contributed by atoms with Gasteiger partial charge in [0.2, 0.25) is 6.79 Å². The molecule has 0 spiro atoms. The van der Waals surface area contributed by atoms with Gasteiger partial charge in [-0.25, -0.2) is 0 Å². The Morgan fingerprint density at radius 2 is 2.00 bits per heavy atom. The third-order valence-electron chi connectivity index (χ3n) is 3.88. The van der Waals surface area contributed by atoms with E-state index in [0.717, 1.165) is 23.7 Å². The molecule has 4 nitrogen and oxygen atoms in total. The van der Waals surface area contributed by atoms with E-state index < -0.39 is 0 Å². The van der Waals surface area contributed by atoms with Crippen LogP contribution in [0.25, 0.3) is 0 Å². The first-order valence-electron chi connectivity index (χ1n) is 7.55. The van der Waals surface area contributed by atoms with Crippen molar-refractivity contribution in [2.75, 3.05) is 19.9 Å². The Morgan fingerprint density at radius 1 is 1.14 bits per heavy atom. The van der Waals surface area contributed by atoms with Crippen LogP contribution in [0.4, 0.5) is 0 Å². The van der Waals surface area contributed by atoms with Crippen LogP contribution in [0.15, 0.2) is 42.5 Å². The molecule has 0 aliphatic carbocycles. The summed E-state index contributed by atoms with van der Waals surface area (Å²) in [5, 5.41) is 0. The number of nitrogens with two attached hydrogens (primary N) is 1. The van der Waals surface area contributed by atoms with Crippen molar-refractivity contribution in [1.29, 1.82) is 0 Å². The highest BCUT2D eigenvalue weighted by molar-refractivity contribution is 5.45. The Balaban J connectivity index is 1.60. The fourth-order valence-corrected chi connectivity index (χ4v) is 2.61. The van der Waals surface area contributed by atoms with Crippen LogP contribution in [0.3, 0.4) is 0 Å². The molecule has 4 heteroatoms. The number of benzene rings is 2. The molecule has 0 aromatic heterocycles. The summed E-state index contributed by atoms with van der Waals surface area (Å²) in [6.45, 7) is 3.57. The van der Waals surface area contributed by atoms with Crippen molar-refractivity contribution in [2.24, 2.45) is 5.73 Å². The van der Waals surface area contributed by atoms with Crippen LogP contribution in [-0.4, -0.2) is 19.9 Å². The van der Waals surface area contributed by atoms with Gasteiger partial charge in [-0.05, 0) is 61.2 Å². The second-order valence-corrected chi connectivity index (χ2v) is 5.50. The molecule has 0 amide bonds. The number of ether oxygens (including phenoxy) is 3. The van der Waals surface area contributed by atoms with Crippen molar-refractivity contribution in [1.82, 2.24) is 0 Å². The molecule has 0 saturated heterocycles. The van der Waals surface area contributed by atoms with Crippen molar-refractivity contribution < 1.29 is 14.2 Å². The van der Waals surface area contributed by atoms with Crippen LogP contribution in [0, 0.1) is 6.92 Å². The number of hydrogen-bond acceptors (Lipinski definition) is 4. The van der Waals surface area contributed by atoms with Gasteiger partial charge in [0.15, 0.2) is 11.5 Å². The molecule has 116 valence electrons. The molecule has 0 saturated carbocycles. The lowest BCUT2D eigenvalue weighted by molar-refractivity contribution is 0.174. The molecule has 22 heavy (non-hydrogen) atoms. The van der Waals surface area contributed by atoms with Gasteiger partial charge in [0, 0.05) is 0 Å². The van der Waals surface area contributed by atoms with Gasteiger partial charge < -0.3 is 19.9 Å². The summed E-state index contributed by atoms with van der Waals surface area (Å²) in [5.74, 6) is 2.76. The maximum Gasteiger partial charge on any atom is 0.231 e. The largest absolute Gasteiger partial charge is 0.494 e. The molecule has 0 radical (unpaired) electrons. The number of hydrogen-bond donors (Lipinski definition) is 1. The highest BCUT2D eigenvalue weighted by Gasteiger charge is 2.17. The van der Waals surface area contributed by atoms with Gasteiger partial charge in [0.05, 0.1) is 6.61 Å². The first-order chi connectivity index (χ1) is 10.8. The number of fused-ring (bicyclic) bond motifs is 1. The molecule has 1 atom stereocenters. The molecule has 2 N–H and O–H groups in total. The molecule has 1 aliphatic rings. The Morgan fingerprint density at radius 3 is 2.82 bits per heavy atom. The van der Waals surface area contributed by atoms with E-state index in [1.165, 1.54) is 11.1 Å². The fraction of sp³-hybridized carbons (Fsp3) is 0.333. The predicted molar refractivity (Wildman–Crippen MR) is 85.7 cm³/mol. The summed E-state index contributed by atoms with van der Waals surface area (Å²) < 4.78 is 16.6. The highest BCUT2D eigenvalue weighted by atomic mass is 16.7. The number of rotatable bonds is 6. The third kappa shape index (κ3) is 3.34. The van der Waals surface area contributed by atoms with Crippen molar-refractivity contribution in [3.8, 4) is 17.2 Å². The van der Waals surface area contributed by atoms with E-state index in [0.29, 0.717) is 19.9 Å². The van der Waals surface area contributed by atoms with Crippen LogP contribution < -0.4 is 19.9 Å². The van der Waals surface area contributed by atoms with E-state index in [1.807, 2.05) is 30.3 Å². The van der Waals surface area contributed by atoms with Crippen LogP contribution in [0.2, 0.25) is 0 Å². The van der Waals surface area contributed by atoms with E-state index in [4.69, 9.17) is 19.9 Å². The monoisotopic (exact) mass is 299 g/mol. The van der Waals surface area contributed by atoms with E-state index in [1.54, 1.807) is 0 Å². The second kappa shape index (κ2) is 6.71. The van der Waals surface area contributed by atoms with Gasteiger partial charge in [0.1, 0.15) is 5.75 Å². The first-order valence-corrected chi connectivity index (χ1v) is 7.55. The van der Waals surface area contributed by atoms with E-state index in [9.17, 15) is 0 Å². The van der Waals surface area contributed by atoms with Crippen molar-refractivity contribution in [3.05, 3.63) is 53.6 Å². The average molecular weight is 299 g/mol. The standard InChI is InChI=1S/C18H21NO3/c1-13-3-2-4-16(9-13)20-8-7-15(11-19)14-5-6-17-18(10-14)22-12-21-17/h2-6,9-10,15H,7-8,11-12,19H2,1H3. The molecule has 3 rings (SSSR count). The van der Waals surface area contributed by atoms with Gasteiger partial charge in [-0.15, -0.1) is 0 Å². The summed E-state index contributed by atoms with van der Waals surface area (Å²) in [6, 6.07) is 14.1. The zero-order valence-corrected chi connectivity index (χ0v) is 12.7. The highest BCUT2D eigenvalue weighted by Crippen LogP contribution is 2.35. The van der Waals surface area contributed by atoms with Gasteiger partial charge >= 0.3 is 0 Å². The maximum absolute atomic E-state index is 5.93. The van der Waals surface area contributed by atoms with Crippen molar-refractivity contribution in [3.63, 3.8) is 0 Å². The summed E-state index contributed by atoms with van der Waals surface area (Å²) >= 11 is 0. The van der Waals surface area contributed by atoms with Gasteiger partial charge in [0.25, 0.3) is 0 Å². The molecular weight excluding hydrogens is 278 g/mol. The maximum atomic E-state index is 5.93. The molecule has 1 unspecified atom stereocenters. The zero-order chi connectivity index (χ0) is 15.4. The minimum atomic E-state index is 0.249. The SMILES string of the molecule is Cc1cccc(OCCC(CN)c2ccc3c(c2)OCO3)c1. The minimum Gasteiger partial charge on any atom is -0.494 e. The van der Waals surface area contributed by atoms with Gasteiger partial charge in [-0.1, -0.05) is 18.2 Å². The summed E-state index contributed by atoms with van der Waals surface area (Å²) in [4.78, 5) is 0. The Hall–Kier alpha value is -2.20. The molecular formula is C18H21NO3. The molecule has 2 aromatic carbocycles.